The molecule has 4 aliphatic heterocycles. The van der Waals surface area contributed by atoms with E-state index in [0.29, 0.717) is 71.1 Å². The van der Waals surface area contributed by atoms with Crippen LogP contribution in [0.2, 0.25) is 0 Å². The first-order valence-corrected chi connectivity index (χ1v) is 14.9. The molecule has 1 spiro atoms. The quantitative estimate of drug-likeness (QED) is 0.379. The number of benzene rings is 1. The number of amides is 4. The van der Waals surface area contributed by atoms with Crippen LogP contribution in [-0.4, -0.2) is 102 Å². The molecule has 2 aromatic heterocycles. The first-order valence-electron chi connectivity index (χ1n) is 14.9. The van der Waals surface area contributed by atoms with Gasteiger partial charge in [-0.05, 0) is 35.7 Å². The Morgan fingerprint density at radius 1 is 1.02 bits per heavy atom. The fraction of sp³-hybridized carbons (Fsp3) is 0.452. The number of aromatic amines is 1. The van der Waals surface area contributed by atoms with Crippen LogP contribution in [-0.2, 0) is 31.0 Å². The molecule has 1 atom stereocenters. The van der Waals surface area contributed by atoms with E-state index in [1.165, 1.54) is 0 Å². The molecule has 7 rings (SSSR count). The number of likely N-dealkylation sites (N-methyl/N-ethyl adjacent to an activating group) is 1. The number of pyridine rings is 1. The molecule has 13 nitrogen and oxygen atoms in total. The molecule has 232 valence electrons. The molecule has 6 heterocycles. The Bertz CT molecular complexity index is 1580. The van der Waals surface area contributed by atoms with Gasteiger partial charge in [0.05, 0.1) is 38.1 Å². The Morgan fingerprint density at radius 2 is 1.84 bits per heavy atom. The maximum atomic E-state index is 13.7. The lowest BCUT2D eigenvalue weighted by Gasteiger charge is -2.44. The van der Waals surface area contributed by atoms with E-state index < -0.39 is 17.7 Å². The van der Waals surface area contributed by atoms with Crippen LogP contribution in [0.5, 0.6) is 0 Å². The zero-order valence-electron chi connectivity index (χ0n) is 24.9. The SMILES string of the molecule is Cc1cc(CC2NC(=O)N3CCC4(CC3)OC(=O)Nc3ncc(cc34)C=CCOCCOCCN(C)C2=O)cc2cn[nH]c12. The van der Waals surface area contributed by atoms with E-state index in [4.69, 9.17) is 14.2 Å². The van der Waals surface area contributed by atoms with Crippen molar-refractivity contribution < 1.29 is 28.6 Å². The van der Waals surface area contributed by atoms with Gasteiger partial charge in [0.2, 0.25) is 5.91 Å². The first kappa shape index (κ1) is 29.6. The molecule has 0 radical (unpaired) electrons. The van der Waals surface area contributed by atoms with Crippen LogP contribution in [0.25, 0.3) is 17.0 Å². The number of anilines is 1. The van der Waals surface area contributed by atoms with Crippen molar-refractivity contribution in [2.75, 3.05) is 58.4 Å². The Morgan fingerprint density at radius 3 is 2.68 bits per heavy atom. The summed E-state index contributed by atoms with van der Waals surface area (Å²) in [5.41, 5.74) is 3.57. The number of rotatable bonds is 2. The molecule has 44 heavy (non-hydrogen) atoms. The molecule has 13 heteroatoms. The highest BCUT2D eigenvalue weighted by Crippen LogP contribution is 2.43. The van der Waals surface area contributed by atoms with Gasteiger partial charge in [-0.3, -0.25) is 15.2 Å². The highest BCUT2D eigenvalue weighted by Gasteiger charge is 2.46. The maximum absolute atomic E-state index is 13.7. The summed E-state index contributed by atoms with van der Waals surface area (Å²) in [6.45, 7) is 4.52. The molecule has 1 saturated heterocycles. The lowest BCUT2D eigenvalue weighted by atomic mass is 9.83. The number of carbonyl (C=O) groups is 3. The third kappa shape index (κ3) is 6.24. The standard InChI is InChI=1S/C31H37N7O6/c1-20-14-22(15-23-19-33-36-26(20)23)17-25-28(39)37(2)9-11-43-13-12-42-10-3-4-21-16-24-27(32-18-21)35-30(41)44-31(24)5-7-38(8-6-31)29(40)34-25/h3-4,14-16,18-19,25H,5-13,17H2,1-2H3,(H,33,36)(H,34,40)(H,32,35,41). The summed E-state index contributed by atoms with van der Waals surface area (Å²) in [4.78, 5) is 47.6. The van der Waals surface area contributed by atoms with Crippen LogP contribution < -0.4 is 10.6 Å². The summed E-state index contributed by atoms with van der Waals surface area (Å²) < 4.78 is 17.3. The molecular formula is C31H37N7O6. The number of piperidine rings is 1. The number of nitrogens with one attached hydrogen (secondary N) is 3. The van der Waals surface area contributed by atoms with Crippen molar-refractivity contribution in [3.63, 3.8) is 0 Å². The molecule has 4 amide bonds. The topological polar surface area (TPSA) is 151 Å². The van der Waals surface area contributed by atoms with Crippen molar-refractivity contribution in [2.24, 2.45) is 0 Å². The molecule has 4 bridgehead atoms. The average Bonchev–Trinajstić information content (AvgIpc) is 3.49. The zero-order chi connectivity index (χ0) is 30.7. The van der Waals surface area contributed by atoms with Crippen molar-refractivity contribution in [2.45, 2.75) is 37.8 Å². The van der Waals surface area contributed by atoms with Crippen molar-refractivity contribution in [3.05, 3.63) is 58.9 Å². The van der Waals surface area contributed by atoms with Gasteiger partial charge in [-0.1, -0.05) is 18.2 Å². The van der Waals surface area contributed by atoms with Crippen LogP contribution in [0.1, 0.15) is 35.1 Å². The molecule has 1 aromatic carbocycles. The summed E-state index contributed by atoms with van der Waals surface area (Å²) in [6, 6.07) is 4.80. The molecule has 0 saturated carbocycles. The van der Waals surface area contributed by atoms with Gasteiger partial charge in [-0.2, -0.15) is 5.10 Å². The van der Waals surface area contributed by atoms with E-state index in [-0.39, 0.29) is 11.9 Å². The van der Waals surface area contributed by atoms with Gasteiger partial charge in [-0.15, -0.1) is 0 Å². The van der Waals surface area contributed by atoms with Crippen molar-refractivity contribution >= 4 is 40.8 Å². The summed E-state index contributed by atoms with van der Waals surface area (Å²) in [6.07, 6.45) is 7.78. The van der Waals surface area contributed by atoms with Crippen molar-refractivity contribution in [1.82, 2.24) is 30.3 Å². The molecule has 3 N–H and O–H groups in total. The number of nitrogens with zero attached hydrogens (tertiary/aromatic N) is 4. The van der Waals surface area contributed by atoms with Crippen LogP contribution in [0.3, 0.4) is 0 Å². The fourth-order valence-electron chi connectivity index (χ4n) is 6.06. The third-order valence-electron chi connectivity index (χ3n) is 8.45. The number of aromatic nitrogens is 3. The smallest absolute Gasteiger partial charge is 0.413 e. The first-order chi connectivity index (χ1) is 21.3. The van der Waals surface area contributed by atoms with Crippen LogP contribution in [0, 0.1) is 6.92 Å². The van der Waals surface area contributed by atoms with Crippen molar-refractivity contribution in [1.29, 1.82) is 0 Å². The summed E-state index contributed by atoms with van der Waals surface area (Å²) >= 11 is 0. The number of aryl methyl sites for hydroxylation is 1. The van der Waals surface area contributed by atoms with Gasteiger partial charge >= 0.3 is 12.1 Å². The molecule has 0 aliphatic carbocycles. The Balaban J connectivity index is 1.25. The number of ether oxygens (including phenoxy) is 3. The van der Waals surface area contributed by atoms with Crippen LogP contribution in [0.15, 0.2) is 36.7 Å². The van der Waals surface area contributed by atoms with Gasteiger partial charge in [0, 0.05) is 63.1 Å². The van der Waals surface area contributed by atoms with Gasteiger partial charge < -0.3 is 29.3 Å². The molecular weight excluding hydrogens is 566 g/mol. The number of carbonyl (C=O) groups excluding carboxylic acids is 3. The average molecular weight is 604 g/mol. The highest BCUT2D eigenvalue weighted by molar-refractivity contribution is 5.89. The molecule has 3 aromatic rings. The molecule has 4 aliphatic rings. The monoisotopic (exact) mass is 603 g/mol. The summed E-state index contributed by atoms with van der Waals surface area (Å²) in [5, 5.41) is 13.8. The minimum absolute atomic E-state index is 0.215. The lowest BCUT2D eigenvalue weighted by Crippen LogP contribution is -2.56. The van der Waals surface area contributed by atoms with Gasteiger partial charge in [0.15, 0.2) is 0 Å². The number of hydrogen-bond acceptors (Lipinski definition) is 8. The number of H-pyrrole nitrogens is 1. The maximum Gasteiger partial charge on any atom is 0.413 e. The normalized spacial score (nSPS) is 23.6. The summed E-state index contributed by atoms with van der Waals surface area (Å²) in [5.74, 6) is 0.245. The second-order valence-corrected chi connectivity index (χ2v) is 11.5. The Labute approximate surface area is 254 Å². The van der Waals surface area contributed by atoms with Gasteiger partial charge in [0.1, 0.15) is 17.5 Å². The third-order valence-corrected chi connectivity index (χ3v) is 8.45. The molecule has 1 fully saturated rings. The number of urea groups is 1. The largest absolute Gasteiger partial charge is 0.437 e. The predicted molar refractivity (Wildman–Crippen MR) is 162 cm³/mol. The van der Waals surface area contributed by atoms with E-state index in [1.54, 1.807) is 29.2 Å². The van der Waals surface area contributed by atoms with Gasteiger partial charge in [0.25, 0.3) is 0 Å². The van der Waals surface area contributed by atoms with E-state index in [2.05, 4.69) is 25.8 Å². The van der Waals surface area contributed by atoms with E-state index in [1.807, 2.05) is 37.3 Å². The van der Waals surface area contributed by atoms with Crippen molar-refractivity contribution in [3.8, 4) is 0 Å². The van der Waals surface area contributed by atoms with Crippen LogP contribution >= 0.6 is 0 Å². The second-order valence-electron chi connectivity index (χ2n) is 11.5. The Hall–Kier alpha value is -4.49. The minimum atomic E-state index is -0.912. The van der Waals surface area contributed by atoms with E-state index in [9.17, 15) is 14.4 Å². The number of hydrogen-bond donors (Lipinski definition) is 3. The minimum Gasteiger partial charge on any atom is -0.437 e. The Kier molecular flexibility index (Phi) is 8.49. The van der Waals surface area contributed by atoms with E-state index >= 15 is 0 Å². The summed E-state index contributed by atoms with van der Waals surface area (Å²) in [7, 11) is 1.71. The fourth-order valence-corrected chi connectivity index (χ4v) is 6.06. The van der Waals surface area contributed by atoms with Crippen LogP contribution in [0.4, 0.5) is 15.4 Å². The molecule has 1 unspecified atom stereocenters. The number of fused-ring (bicyclic) bond motifs is 15. The zero-order valence-corrected chi connectivity index (χ0v) is 24.9. The highest BCUT2D eigenvalue weighted by atomic mass is 16.6. The van der Waals surface area contributed by atoms with E-state index in [0.717, 1.165) is 33.2 Å². The lowest BCUT2D eigenvalue weighted by molar-refractivity contribution is -0.132. The predicted octanol–water partition coefficient (Wildman–Crippen LogP) is 2.96. The van der Waals surface area contributed by atoms with Gasteiger partial charge in [-0.25, -0.2) is 14.6 Å². The second kappa shape index (κ2) is 12.6.